The molecule has 2 aliphatic carbocycles. The summed E-state index contributed by atoms with van der Waals surface area (Å²) < 4.78 is 5.43. The Labute approximate surface area is 103 Å². The predicted molar refractivity (Wildman–Crippen MR) is 66.3 cm³/mol. The minimum Gasteiger partial charge on any atom is -0.458 e. The highest BCUT2D eigenvalue weighted by atomic mass is 16.6. The third kappa shape index (κ3) is 1.42. The van der Waals surface area contributed by atoms with Crippen LogP contribution in [0.3, 0.4) is 0 Å². The molecule has 1 saturated carbocycles. The maximum atomic E-state index is 11.6. The Morgan fingerprint density at radius 1 is 1.53 bits per heavy atom. The Morgan fingerprint density at radius 2 is 2.29 bits per heavy atom. The molecule has 2 fully saturated rings. The molecule has 0 radical (unpaired) electrons. The van der Waals surface area contributed by atoms with Crippen LogP contribution in [0, 0.1) is 17.3 Å². The molecule has 2 heteroatoms. The van der Waals surface area contributed by atoms with Crippen molar-refractivity contribution in [2.45, 2.75) is 45.6 Å². The highest BCUT2D eigenvalue weighted by molar-refractivity contribution is 5.91. The molecule has 92 valence electrons. The van der Waals surface area contributed by atoms with Gasteiger partial charge in [0, 0.05) is 17.9 Å². The molecule has 17 heavy (non-hydrogen) atoms. The van der Waals surface area contributed by atoms with E-state index in [1.165, 1.54) is 18.4 Å². The van der Waals surface area contributed by atoms with Gasteiger partial charge in [-0.3, -0.25) is 0 Å². The van der Waals surface area contributed by atoms with Crippen LogP contribution < -0.4 is 0 Å². The molecule has 4 atom stereocenters. The van der Waals surface area contributed by atoms with Crippen molar-refractivity contribution in [3.63, 3.8) is 0 Å². The summed E-state index contributed by atoms with van der Waals surface area (Å²) in [6, 6.07) is 0. The number of allylic oxidation sites excluding steroid dienone is 1. The smallest absolute Gasteiger partial charge is 0.334 e. The van der Waals surface area contributed by atoms with Gasteiger partial charge in [0.15, 0.2) is 0 Å². The van der Waals surface area contributed by atoms with Gasteiger partial charge in [-0.1, -0.05) is 32.1 Å². The zero-order chi connectivity index (χ0) is 12.2. The van der Waals surface area contributed by atoms with E-state index in [-0.39, 0.29) is 23.4 Å². The van der Waals surface area contributed by atoms with E-state index in [1.807, 2.05) is 0 Å². The number of hydrogen-bond acceptors (Lipinski definition) is 2. The zero-order valence-corrected chi connectivity index (χ0v) is 10.7. The van der Waals surface area contributed by atoms with Crippen molar-refractivity contribution >= 4 is 5.97 Å². The Balaban J connectivity index is 1.96. The highest BCUT2D eigenvalue weighted by Gasteiger charge is 2.51. The summed E-state index contributed by atoms with van der Waals surface area (Å²) in [5, 5.41) is 0. The van der Waals surface area contributed by atoms with Gasteiger partial charge in [-0.15, -0.1) is 0 Å². The number of carbonyl (C=O) groups is 1. The van der Waals surface area contributed by atoms with Crippen LogP contribution >= 0.6 is 0 Å². The van der Waals surface area contributed by atoms with Gasteiger partial charge in [-0.25, -0.2) is 4.79 Å². The summed E-state index contributed by atoms with van der Waals surface area (Å²) in [4.78, 5) is 11.6. The molecule has 0 amide bonds. The molecular weight excluding hydrogens is 212 g/mol. The van der Waals surface area contributed by atoms with Crippen LogP contribution in [-0.2, 0) is 9.53 Å². The van der Waals surface area contributed by atoms with Gasteiger partial charge in [-0.05, 0) is 30.6 Å². The third-order valence-electron chi connectivity index (χ3n) is 5.29. The van der Waals surface area contributed by atoms with Crippen molar-refractivity contribution in [3.8, 4) is 0 Å². The lowest BCUT2D eigenvalue weighted by atomic mass is 9.57. The fourth-order valence-corrected chi connectivity index (χ4v) is 3.81. The monoisotopic (exact) mass is 232 g/mol. The molecule has 1 aliphatic heterocycles. The van der Waals surface area contributed by atoms with Crippen LogP contribution in [0.5, 0.6) is 0 Å². The molecule has 1 heterocycles. The lowest BCUT2D eigenvalue weighted by molar-refractivity contribution is -0.139. The van der Waals surface area contributed by atoms with Gasteiger partial charge in [0.25, 0.3) is 0 Å². The average molecular weight is 232 g/mol. The van der Waals surface area contributed by atoms with Crippen molar-refractivity contribution in [1.29, 1.82) is 0 Å². The molecule has 1 saturated heterocycles. The van der Waals surface area contributed by atoms with E-state index in [4.69, 9.17) is 4.74 Å². The summed E-state index contributed by atoms with van der Waals surface area (Å²) in [6.07, 6.45) is 6.85. The van der Waals surface area contributed by atoms with Crippen LogP contribution in [-0.4, -0.2) is 12.1 Å². The van der Waals surface area contributed by atoms with Gasteiger partial charge in [-0.2, -0.15) is 0 Å². The molecule has 0 spiro atoms. The number of carbonyl (C=O) groups excluding carboxylic acids is 1. The van der Waals surface area contributed by atoms with Crippen molar-refractivity contribution in [1.82, 2.24) is 0 Å². The van der Waals surface area contributed by atoms with Crippen molar-refractivity contribution < 1.29 is 9.53 Å². The first-order valence-corrected chi connectivity index (χ1v) is 6.61. The van der Waals surface area contributed by atoms with Crippen LogP contribution in [0.1, 0.15) is 39.5 Å². The molecular formula is C15H20O2. The lowest BCUT2D eigenvalue weighted by Gasteiger charge is -2.47. The average Bonchev–Trinajstić information content (AvgIpc) is 2.55. The van der Waals surface area contributed by atoms with Gasteiger partial charge in [0.1, 0.15) is 6.10 Å². The first kappa shape index (κ1) is 11.1. The van der Waals surface area contributed by atoms with Gasteiger partial charge < -0.3 is 4.74 Å². The molecule has 0 aromatic heterocycles. The van der Waals surface area contributed by atoms with E-state index in [1.54, 1.807) is 0 Å². The number of esters is 1. The Kier molecular flexibility index (Phi) is 2.26. The number of ether oxygens (including phenoxy) is 1. The molecule has 3 aliphatic rings. The standard InChI is InChI=1S/C15H20O2/c1-9-5-4-6-11-7-13-12(8-15(9,11)3)10(2)14(16)17-13/h6,9,12-13H,2,4-5,7-8H2,1,3H3. The first-order valence-electron chi connectivity index (χ1n) is 6.61. The van der Waals surface area contributed by atoms with Gasteiger partial charge >= 0.3 is 5.97 Å². The fourth-order valence-electron chi connectivity index (χ4n) is 3.81. The third-order valence-corrected chi connectivity index (χ3v) is 5.29. The van der Waals surface area contributed by atoms with Crippen LogP contribution in [0.2, 0.25) is 0 Å². The maximum absolute atomic E-state index is 11.6. The summed E-state index contributed by atoms with van der Waals surface area (Å²) in [6.45, 7) is 8.62. The Morgan fingerprint density at radius 3 is 3.06 bits per heavy atom. The highest BCUT2D eigenvalue weighted by Crippen LogP contribution is 2.55. The molecule has 0 aromatic rings. The second-order valence-electron chi connectivity index (χ2n) is 6.11. The normalized spacial score (nSPS) is 44.8. The second kappa shape index (κ2) is 3.47. The summed E-state index contributed by atoms with van der Waals surface area (Å²) >= 11 is 0. The maximum Gasteiger partial charge on any atom is 0.334 e. The minimum atomic E-state index is -0.171. The molecule has 4 unspecified atom stereocenters. The Hall–Kier alpha value is -1.05. The predicted octanol–water partition coefficient (Wildman–Crippen LogP) is 3.24. The van der Waals surface area contributed by atoms with E-state index in [0.29, 0.717) is 11.5 Å². The SMILES string of the molecule is C=C1C(=O)OC2CC3=CCCC(C)C3(C)CC12. The number of hydrogen-bond donors (Lipinski definition) is 0. The molecule has 0 aromatic carbocycles. The molecule has 0 bridgehead atoms. The van der Waals surface area contributed by atoms with Crippen LogP contribution in [0.4, 0.5) is 0 Å². The van der Waals surface area contributed by atoms with E-state index >= 15 is 0 Å². The fraction of sp³-hybridized carbons (Fsp3) is 0.667. The van der Waals surface area contributed by atoms with E-state index in [0.717, 1.165) is 12.8 Å². The van der Waals surface area contributed by atoms with Crippen LogP contribution in [0.15, 0.2) is 23.8 Å². The Bertz CT molecular complexity index is 421. The number of fused-ring (bicyclic) bond motifs is 2. The minimum absolute atomic E-state index is 0.0691. The first-order chi connectivity index (χ1) is 8.02. The molecule has 3 rings (SSSR count). The van der Waals surface area contributed by atoms with Gasteiger partial charge in [0.2, 0.25) is 0 Å². The topological polar surface area (TPSA) is 26.3 Å². The quantitative estimate of drug-likeness (QED) is 0.364. The number of rotatable bonds is 0. The summed E-state index contributed by atoms with van der Waals surface area (Å²) in [5.74, 6) is 0.785. The van der Waals surface area contributed by atoms with E-state index in [9.17, 15) is 4.79 Å². The molecule has 2 nitrogen and oxygen atoms in total. The molecule has 0 N–H and O–H groups in total. The zero-order valence-electron chi connectivity index (χ0n) is 10.7. The lowest BCUT2D eigenvalue weighted by Crippen LogP contribution is -2.40. The van der Waals surface area contributed by atoms with Gasteiger partial charge in [0.05, 0.1) is 0 Å². The van der Waals surface area contributed by atoms with Crippen molar-refractivity contribution in [2.24, 2.45) is 17.3 Å². The summed E-state index contributed by atoms with van der Waals surface area (Å²) in [5.41, 5.74) is 2.48. The van der Waals surface area contributed by atoms with Crippen molar-refractivity contribution in [2.75, 3.05) is 0 Å². The largest absolute Gasteiger partial charge is 0.458 e. The van der Waals surface area contributed by atoms with Crippen LogP contribution in [0.25, 0.3) is 0 Å². The van der Waals surface area contributed by atoms with Crippen molar-refractivity contribution in [3.05, 3.63) is 23.8 Å². The second-order valence-corrected chi connectivity index (χ2v) is 6.11. The summed E-state index contributed by atoms with van der Waals surface area (Å²) in [7, 11) is 0. The van der Waals surface area contributed by atoms with E-state index < -0.39 is 0 Å². The van der Waals surface area contributed by atoms with E-state index in [2.05, 4.69) is 26.5 Å².